The number of ether oxygens (including phenoxy) is 1. The van der Waals surface area contributed by atoms with Gasteiger partial charge in [0.2, 0.25) is 5.91 Å². The number of anilines is 1. The molecular weight excluding hydrogens is 456 g/mol. The maximum absolute atomic E-state index is 13.2. The van der Waals surface area contributed by atoms with Gasteiger partial charge >= 0.3 is 0 Å². The first kappa shape index (κ1) is 22.2. The van der Waals surface area contributed by atoms with E-state index in [0.717, 1.165) is 23.1 Å². The van der Waals surface area contributed by atoms with Crippen LogP contribution >= 0.6 is 22.9 Å². The molecule has 1 amide bonds. The predicted molar refractivity (Wildman–Crippen MR) is 124 cm³/mol. The van der Waals surface area contributed by atoms with Gasteiger partial charge in [0.05, 0.1) is 33.0 Å². The topological polar surface area (TPSA) is 76.6 Å². The second-order valence-electron chi connectivity index (χ2n) is 7.60. The molecular formula is C22H23ClN2O4S2. The number of sulfone groups is 1. The highest BCUT2D eigenvalue weighted by Crippen LogP contribution is 2.33. The molecule has 6 nitrogen and oxygen atoms in total. The number of aromatic nitrogens is 1. The Morgan fingerprint density at radius 3 is 2.71 bits per heavy atom. The standard InChI is InChI=1S/C22H23ClN2O4S2/c1-15-7-9-17(10-8-15)31(27,28)13-11-20(26)25(14-16-4-3-12-29-16)22-24-21-18(23)5-2-6-19(21)30-22/h2,5-10,16H,3-4,11-14H2,1H3. The maximum Gasteiger partial charge on any atom is 0.229 e. The summed E-state index contributed by atoms with van der Waals surface area (Å²) in [4.78, 5) is 19.5. The van der Waals surface area contributed by atoms with Gasteiger partial charge in [-0.15, -0.1) is 0 Å². The normalized spacial score (nSPS) is 16.6. The van der Waals surface area contributed by atoms with Crippen molar-refractivity contribution in [2.45, 2.75) is 37.2 Å². The Bertz CT molecular complexity index is 1190. The number of carbonyl (C=O) groups is 1. The summed E-state index contributed by atoms with van der Waals surface area (Å²) in [6, 6.07) is 12.2. The molecule has 1 aliphatic rings. The molecule has 1 saturated heterocycles. The van der Waals surface area contributed by atoms with Crippen LogP contribution in [0.2, 0.25) is 5.02 Å². The van der Waals surface area contributed by atoms with E-state index in [2.05, 4.69) is 4.98 Å². The van der Waals surface area contributed by atoms with Gasteiger partial charge < -0.3 is 4.74 Å². The van der Waals surface area contributed by atoms with Crippen molar-refractivity contribution in [3.05, 3.63) is 53.1 Å². The molecule has 1 aliphatic heterocycles. The summed E-state index contributed by atoms with van der Waals surface area (Å²) < 4.78 is 32.0. The zero-order valence-corrected chi connectivity index (χ0v) is 19.5. The van der Waals surface area contributed by atoms with Crippen LogP contribution in [0.3, 0.4) is 0 Å². The maximum atomic E-state index is 13.2. The summed E-state index contributed by atoms with van der Waals surface area (Å²) in [5.74, 6) is -0.552. The van der Waals surface area contributed by atoms with Crippen LogP contribution in [-0.2, 0) is 19.4 Å². The van der Waals surface area contributed by atoms with Crippen LogP contribution in [0, 0.1) is 6.92 Å². The Morgan fingerprint density at radius 1 is 1.26 bits per heavy atom. The first-order valence-corrected chi connectivity index (χ1v) is 12.9. The molecule has 2 heterocycles. The molecule has 0 radical (unpaired) electrons. The second kappa shape index (κ2) is 9.24. The molecule has 3 aromatic rings. The first-order valence-electron chi connectivity index (χ1n) is 10.1. The highest BCUT2D eigenvalue weighted by molar-refractivity contribution is 7.91. The molecule has 164 valence electrons. The van der Waals surface area contributed by atoms with Crippen LogP contribution in [0.15, 0.2) is 47.4 Å². The quantitative estimate of drug-likeness (QED) is 0.494. The number of fused-ring (bicyclic) bond motifs is 1. The van der Waals surface area contributed by atoms with Crippen LogP contribution in [0.1, 0.15) is 24.8 Å². The van der Waals surface area contributed by atoms with Gasteiger partial charge in [-0.05, 0) is 44.0 Å². The van der Waals surface area contributed by atoms with Crippen molar-refractivity contribution in [2.24, 2.45) is 0 Å². The minimum Gasteiger partial charge on any atom is -0.376 e. The molecule has 0 N–H and O–H groups in total. The number of benzene rings is 2. The molecule has 9 heteroatoms. The van der Waals surface area contributed by atoms with Crippen LogP contribution in [0.25, 0.3) is 10.2 Å². The molecule has 0 saturated carbocycles. The van der Waals surface area contributed by atoms with E-state index in [1.54, 1.807) is 35.2 Å². The predicted octanol–water partition coefficient (Wildman–Crippen LogP) is 4.63. The van der Waals surface area contributed by atoms with Crippen molar-refractivity contribution >= 4 is 54.0 Å². The van der Waals surface area contributed by atoms with Crippen LogP contribution in [0.5, 0.6) is 0 Å². The third-order valence-electron chi connectivity index (χ3n) is 5.27. The number of thiazole rings is 1. The van der Waals surface area contributed by atoms with Gasteiger partial charge in [-0.25, -0.2) is 13.4 Å². The number of halogens is 1. The molecule has 0 bridgehead atoms. The van der Waals surface area contributed by atoms with Gasteiger partial charge in [-0.1, -0.05) is 46.7 Å². The Morgan fingerprint density at radius 2 is 2.03 bits per heavy atom. The number of aryl methyl sites for hydroxylation is 1. The van der Waals surface area contributed by atoms with Crippen molar-refractivity contribution in [2.75, 3.05) is 23.8 Å². The number of hydrogen-bond acceptors (Lipinski definition) is 6. The van der Waals surface area contributed by atoms with Gasteiger partial charge in [0.25, 0.3) is 0 Å². The van der Waals surface area contributed by atoms with Crippen LogP contribution in [-0.4, -0.2) is 44.3 Å². The zero-order valence-electron chi connectivity index (χ0n) is 17.1. The summed E-state index contributed by atoms with van der Waals surface area (Å²) in [7, 11) is -3.56. The van der Waals surface area contributed by atoms with Gasteiger partial charge in [0.15, 0.2) is 15.0 Å². The van der Waals surface area contributed by atoms with E-state index in [0.29, 0.717) is 28.8 Å². The molecule has 1 atom stereocenters. The zero-order chi connectivity index (χ0) is 22.0. The number of carbonyl (C=O) groups excluding carboxylic acids is 1. The number of rotatable bonds is 7. The number of hydrogen-bond donors (Lipinski definition) is 0. The van der Waals surface area contributed by atoms with Crippen molar-refractivity contribution in [3.8, 4) is 0 Å². The summed E-state index contributed by atoms with van der Waals surface area (Å²) >= 11 is 7.63. The third kappa shape index (κ3) is 5.09. The molecule has 1 fully saturated rings. The van der Waals surface area contributed by atoms with E-state index in [4.69, 9.17) is 16.3 Å². The fourth-order valence-corrected chi connectivity index (χ4v) is 6.04. The van der Waals surface area contributed by atoms with Crippen molar-refractivity contribution in [3.63, 3.8) is 0 Å². The van der Waals surface area contributed by atoms with Gasteiger partial charge in [0.1, 0.15) is 5.52 Å². The Hall–Kier alpha value is -2.00. The van der Waals surface area contributed by atoms with Gasteiger partial charge in [-0.2, -0.15) is 0 Å². The highest BCUT2D eigenvalue weighted by atomic mass is 35.5. The highest BCUT2D eigenvalue weighted by Gasteiger charge is 2.27. The number of amides is 1. The number of nitrogens with zero attached hydrogens (tertiary/aromatic N) is 2. The molecule has 0 spiro atoms. The van der Waals surface area contributed by atoms with E-state index in [1.807, 2.05) is 19.1 Å². The Balaban J connectivity index is 1.56. The summed E-state index contributed by atoms with van der Waals surface area (Å²) in [5.41, 5.74) is 1.62. The fourth-order valence-electron chi connectivity index (χ4n) is 3.52. The van der Waals surface area contributed by atoms with E-state index in [-0.39, 0.29) is 29.1 Å². The van der Waals surface area contributed by atoms with E-state index < -0.39 is 9.84 Å². The average Bonchev–Trinajstić information content (AvgIpc) is 3.41. The lowest BCUT2D eigenvalue weighted by Gasteiger charge is -2.23. The lowest BCUT2D eigenvalue weighted by atomic mass is 10.2. The Labute approximate surface area is 190 Å². The lowest BCUT2D eigenvalue weighted by Crippen LogP contribution is -2.38. The molecule has 1 unspecified atom stereocenters. The van der Waals surface area contributed by atoms with E-state index >= 15 is 0 Å². The van der Waals surface area contributed by atoms with Crippen LogP contribution < -0.4 is 4.90 Å². The van der Waals surface area contributed by atoms with Gasteiger partial charge in [0, 0.05) is 13.0 Å². The fraction of sp³-hybridized carbons (Fsp3) is 0.364. The molecule has 0 aliphatic carbocycles. The average molecular weight is 479 g/mol. The smallest absolute Gasteiger partial charge is 0.229 e. The third-order valence-corrected chi connectivity index (χ3v) is 8.35. The Kier molecular flexibility index (Phi) is 6.62. The minimum absolute atomic E-state index is 0.0832. The molecule has 31 heavy (non-hydrogen) atoms. The van der Waals surface area contributed by atoms with Crippen LogP contribution in [0.4, 0.5) is 5.13 Å². The summed E-state index contributed by atoms with van der Waals surface area (Å²) in [6.07, 6.45) is 1.59. The van der Waals surface area contributed by atoms with E-state index in [1.165, 1.54) is 11.3 Å². The van der Waals surface area contributed by atoms with Gasteiger partial charge in [-0.3, -0.25) is 9.69 Å². The van der Waals surface area contributed by atoms with E-state index in [9.17, 15) is 13.2 Å². The SMILES string of the molecule is Cc1ccc(S(=O)(=O)CCC(=O)N(CC2CCCO2)c2nc3c(Cl)cccc3s2)cc1. The summed E-state index contributed by atoms with van der Waals surface area (Å²) in [5, 5.41) is 1.03. The second-order valence-corrected chi connectivity index (χ2v) is 11.1. The van der Waals surface area contributed by atoms with Crippen molar-refractivity contribution in [1.82, 2.24) is 4.98 Å². The largest absolute Gasteiger partial charge is 0.376 e. The van der Waals surface area contributed by atoms with Crippen molar-refractivity contribution < 1.29 is 17.9 Å². The molecule has 4 rings (SSSR count). The lowest BCUT2D eigenvalue weighted by molar-refractivity contribution is -0.118. The summed E-state index contributed by atoms with van der Waals surface area (Å²) in [6.45, 7) is 2.91. The molecule has 2 aromatic carbocycles. The first-order chi connectivity index (χ1) is 14.8. The molecule has 1 aromatic heterocycles. The number of para-hydroxylation sites is 1. The monoisotopic (exact) mass is 478 g/mol. The van der Waals surface area contributed by atoms with Crippen molar-refractivity contribution in [1.29, 1.82) is 0 Å². The minimum atomic E-state index is -3.56.